The van der Waals surface area contributed by atoms with Crippen LogP contribution >= 0.6 is 11.8 Å². The molecule has 114 valence electrons. The summed E-state index contributed by atoms with van der Waals surface area (Å²) >= 11 is 1.34. The van der Waals surface area contributed by atoms with Gasteiger partial charge in [-0.1, -0.05) is 38.3 Å². The number of nitrogens with zero attached hydrogens (tertiary/aromatic N) is 1. The molecule has 1 unspecified atom stereocenters. The Kier molecular flexibility index (Phi) is 6.59. The highest BCUT2D eigenvalue weighted by molar-refractivity contribution is 8.13. The van der Waals surface area contributed by atoms with Gasteiger partial charge in [0, 0.05) is 12.3 Å². The minimum absolute atomic E-state index is 0.0752. The highest BCUT2D eigenvalue weighted by Crippen LogP contribution is 2.34. The summed E-state index contributed by atoms with van der Waals surface area (Å²) in [5.41, 5.74) is -0.722. The Hall–Kier alpha value is -0.970. The van der Waals surface area contributed by atoms with Gasteiger partial charge in [-0.2, -0.15) is 0 Å². The zero-order valence-corrected chi connectivity index (χ0v) is 13.5. The van der Waals surface area contributed by atoms with Gasteiger partial charge < -0.3 is 4.74 Å². The Balaban J connectivity index is 2.61. The average molecular weight is 299 g/mol. The fourth-order valence-corrected chi connectivity index (χ4v) is 3.52. The number of hydrogen-bond acceptors (Lipinski definition) is 4. The number of carbonyl (C=O) groups excluding carboxylic acids is 2. The van der Waals surface area contributed by atoms with Crippen molar-refractivity contribution >= 4 is 23.0 Å². The third kappa shape index (κ3) is 4.27. The predicted octanol–water partition coefficient (Wildman–Crippen LogP) is 3.47. The highest BCUT2D eigenvalue weighted by Gasteiger charge is 2.46. The first-order chi connectivity index (χ1) is 9.41. The lowest BCUT2D eigenvalue weighted by Gasteiger charge is -2.32. The molecule has 1 heterocycles. The fraction of sp³-hybridized carbons (Fsp3) is 0.733. The topological polar surface area (TPSA) is 46.6 Å². The van der Waals surface area contributed by atoms with E-state index in [1.807, 2.05) is 6.92 Å². The molecule has 1 aliphatic rings. The molecule has 0 N–H and O–H groups in total. The molecule has 0 aromatic heterocycles. The van der Waals surface area contributed by atoms with Gasteiger partial charge in [0.15, 0.2) is 0 Å². The van der Waals surface area contributed by atoms with E-state index < -0.39 is 11.6 Å². The number of likely N-dealkylation sites (tertiary alicyclic amines) is 1. The number of amides is 1. The van der Waals surface area contributed by atoms with E-state index in [9.17, 15) is 9.59 Å². The van der Waals surface area contributed by atoms with Crippen LogP contribution in [0.3, 0.4) is 0 Å². The van der Waals surface area contributed by atoms with E-state index in [1.54, 1.807) is 4.90 Å². The van der Waals surface area contributed by atoms with Crippen molar-refractivity contribution < 1.29 is 14.3 Å². The van der Waals surface area contributed by atoms with Gasteiger partial charge in [0.2, 0.25) is 5.12 Å². The molecule has 0 aromatic rings. The molecule has 1 rings (SSSR count). The molecule has 1 saturated heterocycles. The molecule has 0 bridgehead atoms. The minimum Gasteiger partial charge on any atom is -0.445 e. The van der Waals surface area contributed by atoms with Crippen LogP contribution in [0.1, 0.15) is 40.0 Å². The van der Waals surface area contributed by atoms with E-state index in [2.05, 4.69) is 20.4 Å². The van der Waals surface area contributed by atoms with Gasteiger partial charge in [-0.25, -0.2) is 4.79 Å². The van der Waals surface area contributed by atoms with Crippen LogP contribution in [0.5, 0.6) is 0 Å². The summed E-state index contributed by atoms with van der Waals surface area (Å²) in [7, 11) is 0. The third-order valence-electron chi connectivity index (χ3n) is 3.55. The zero-order chi connectivity index (χ0) is 15.2. The van der Waals surface area contributed by atoms with E-state index in [0.29, 0.717) is 18.9 Å². The van der Waals surface area contributed by atoms with Crippen LogP contribution < -0.4 is 0 Å². The first-order valence-corrected chi connectivity index (χ1v) is 8.13. The van der Waals surface area contributed by atoms with Crippen LogP contribution in [0.15, 0.2) is 12.7 Å². The summed E-state index contributed by atoms with van der Waals surface area (Å²) < 4.78 is 5.07. The highest BCUT2D eigenvalue weighted by atomic mass is 32.2. The van der Waals surface area contributed by atoms with Crippen molar-refractivity contribution in [1.82, 2.24) is 4.90 Å². The minimum atomic E-state index is -0.722. The summed E-state index contributed by atoms with van der Waals surface area (Å²) in [5, 5.41) is 0.0752. The molecule has 0 spiro atoms. The molecule has 0 aliphatic carbocycles. The number of hydrogen-bond donors (Lipinski definition) is 0. The first kappa shape index (κ1) is 17.1. The molecular weight excluding hydrogens is 274 g/mol. The van der Waals surface area contributed by atoms with E-state index in [1.165, 1.54) is 17.8 Å². The fourth-order valence-electron chi connectivity index (χ4n) is 2.22. The second-order valence-corrected chi connectivity index (χ2v) is 6.78. The third-order valence-corrected chi connectivity index (χ3v) is 4.70. The summed E-state index contributed by atoms with van der Waals surface area (Å²) in [6, 6.07) is 0. The summed E-state index contributed by atoms with van der Waals surface area (Å²) in [6.45, 7) is 10.4. The molecule has 4 nitrogen and oxygen atoms in total. The molecule has 20 heavy (non-hydrogen) atoms. The van der Waals surface area contributed by atoms with Gasteiger partial charge in [-0.15, -0.1) is 0 Å². The quantitative estimate of drug-likeness (QED) is 0.705. The van der Waals surface area contributed by atoms with Crippen molar-refractivity contribution in [2.45, 2.75) is 45.6 Å². The second-order valence-electron chi connectivity index (χ2n) is 5.71. The van der Waals surface area contributed by atoms with Crippen molar-refractivity contribution in [2.75, 3.05) is 18.9 Å². The normalized spacial score (nSPS) is 22.1. The number of ether oxygens (including phenoxy) is 1. The lowest BCUT2D eigenvalue weighted by atomic mass is 10.0. The first-order valence-electron chi connectivity index (χ1n) is 7.14. The van der Waals surface area contributed by atoms with E-state index in [4.69, 9.17) is 4.74 Å². The van der Waals surface area contributed by atoms with Crippen LogP contribution in [0, 0.1) is 5.92 Å². The van der Waals surface area contributed by atoms with Crippen molar-refractivity contribution in [1.29, 1.82) is 0 Å². The van der Waals surface area contributed by atoms with Crippen molar-refractivity contribution in [3.05, 3.63) is 12.7 Å². The molecule has 1 amide bonds. The molecule has 0 saturated carbocycles. The Labute approximate surface area is 125 Å². The lowest BCUT2D eigenvalue weighted by Crippen LogP contribution is -2.50. The van der Waals surface area contributed by atoms with E-state index >= 15 is 0 Å². The van der Waals surface area contributed by atoms with Crippen molar-refractivity contribution in [3.8, 4) is 0 Å². The lowest BCUT2D eigenvalue weighted by molar-refractivity contribution is -0.119. The van der Waals surface area contributed by atoms with Crippen LogP contribution in [-0.4, -0.2) is 40.6 Å². The molecule has 0 radical (unpaired) electrons. The van der Waals surface area contributed by atoms with Crippen molar-refractivity contribution in [3.63, 3.8) is 0 Å². The molecule has 1 atom stereocenters. The summed E-state index contributed by atoms with van der Waals surface area (Å²) in [5.74, 6) is 1.39. The van der Waals surface area contributed by atoms with Crippen molar-refractivity contribution in [2.24, 2.45) is 5.92 Å². The predicted molar refractivity (Wildman–Crippen MR) is 82.8 cm³/mol. The SMILES string of the molecule is C=CCOC(=O)N1CCCC1(C)C(=O)SCCC(C)C. The van der Waals surface area contributed by atoms with Crippen LogP contribution in [0.25, 0.3) is 0 Å². The second kappa shape index (κ2) is 7.72. The molecule has 1 aliphatic heterocycles. The number of rotatable bonds is 6. The van der Waals surface area contributed by atoms with Gasteiger partial charge >= 0.3 is 6.09 Å². The maximum atomic E-state index is 12.4. The Bertz CT molecular complexity index is 370. The maximum absolute atomic E-state index is 12.4. The van der Waals surface area contributed by atoms with Gasteiger partial charge in [0.05, 0.1) is 0 Å². The van der Waals surface area contributed by atoms with Gasteiger partial charge in [0.1, 0.15) is 12.1 Å². The Morgan fingerprint density at radius 1 is 1.50 bits per heavy atom. The zero-order valence-electron chi connectivity index (χ0n) is 12.7. The molecule has 1 fully saturated rings. The average Bonchev–Trinajstić information content (AvgIpc) is 2.79. The van der Waals surface area contributed by atoms with Gasteiger partial charge in [-0.05, 0) is 32.1 Å². The maximum Gasteiger partial charge on any atom is 0.410 e. The summed E-state index contributed by atoms with van der Waals surface area (Å²) in [6.07, 6.45) is 3.68. The van der Waals surface area contributed by atoms with Gasteiger partial charge in [-0.3, -0.25) is 9.69 Å². The van der Waals surface area contributed by atoms with E-state index in [0.717, 1.165) is 18.6 Å². The van der Waals surface area contributed by atoms with Crippen LogP contribution in [-0.2, 0) is 9.53 Å². The largest absolute Gasteiger partial charge is 0.445 e. The van der Waals surface area contributed by atoms with Crippen LogP contribution in [0.4, 0.5) is 4.79 Å². The monoisotopic (exact) mass is 299 g/mol. The van der Waals surface area contributed by atoms with Crippen LogP contribution in [0.2, 0.25) is 0 Å². The van der Waals surface area contributed by atoms with E-state index in [-0.39, 0.29) is 11.7 Å². The Morgan fingerprint density at radius 2 is 2.20 bits per heavy atom. The Morgan fingerprint density at radius 3 is 2.80 bits per heavy atom. The summed E-state index contributed by atoms with van der Waals surface area (Å²) in [4.78, 5) is 26.0. The smallest absolute Gasteiger partial charge is 0.410 e. The standard InChI is InChI=1S/C15H25NO3S/c1-5-10-19-14(18)16-9-6-8-15(16,4)13(17)20-11-7-12(2)3/h5,12H,1,6-11H2,2-4H3. The molecule has 0 aromatic carbocycles. The van der Waals surface area contributed by atoms with Gasteiger partial charge in [0.25, 0.3) is 0 Å². The molecular formula is C15H25NO3S. The number of thioether (sulfide) groups is 1. The number of carbonyl (C=O) groups is 2. The molecule has 5 heteroatoms.